The predicted molar refractivity (Wildman–Crippen MR) is 221 cm³/mol. The molecule has 0 radical (unpaired) electrons. The van der Waals surface area contributed by atoms with Crippen molar-refractivity contribution in [3.63, 3.8) is 0 Å². The first-order chi connectivity index (χ1) is 28.8. The lowest BCUT2D eigenvalue weighted by Crippen LogP contribution is -2.45. The summed E-state index contributed by atoms with van der Waals surface area (Å²) in [7, 11) is -4.43. The molecule has 4 fully saturated rings. The minimum atomic E-state index is -4.43. The van der Waals surface area contributed by atoms with Gasteiger partial charge in [0.05, 0.1) is 12.2 Å². The Morgan fingerprint density at radius 2 is 1.73 bits per heavy atom. The Labute approximate surface area is 349 Å². The molecule has 59 heavy (non-hydrogen) atoms. The predicted octanol–water partition coefficient (Wildman–Crippen LogP) is 7.55. The molecule has 4 aromatic rings. The normalized spacial score (nSPS) is 20.4. The summed E-state index contributed by atoms with van der Waals surface area (Å²) in [6, 6.07) is 16.9. The fourth-order valence-corrected chi connectivity index (χ4v) is 9.87. The van der Waals surface area contributed by atoms with E-state index in [-0.39, 0.29) is 69.8 Å². The van der Waals surface area contributed by atoms with Crippen molar-refractivity contribution in [1.29, 1.82) is 0 Å². The Kier molecular flexibility index (Phi) is 9.96. The number of nitrogens with zero attached hydrogens (tertiary/aromatic N) is 5. The zero-order valence-electron chi connectivity index (χ0n) is 36.4. The van der Waals surface area contributed by atoms with E-state index in [4.69, 9.17) is 17.0 Å². The average Bonchev–Trinajstić information content (AvgIpc) is 4.16. The van der Waals surface area contributed by atoms with Crippen molar-refractivity contribution in [2.75, 3.05) is 25.0 Å². The maximum Gasteiger partial charge on any atom is 0.410 e. The number of amides is 2. The molecule has 3 aromatic heterocycles. The van der Waals surface area contributed by atoms with Gasteiger partial charge in [-0.3, -0.25) is 4.79 Å². The fourth-order valence-electron chi connectivity index (χ4n) is 8.94. The number of pyridine rings is 2. The van der Waals surface area contributed by atoms with Gasteiger partial charge in [-0.1, -0.05) is 30.3 Å². The number of fused-ring (bicyclic) bond motifs is 1. The number of sulfonamides is 1. The zero-order valence-corrected chi connectivity index (χ0v) is 35.2. The number of nitrogens with one attached hydrogen (secondary N) is 2. The van der Waals surface area contributed by atoms with E-state index in [2.05, 4.69) is 25.1 Å². The Balaban J connectivity index is 0.880. The molecule has 4 heterocycles. The molecule has 0 bridgehead atoms. The fraction of sp³-hybridized carbons (Fsp3) is 0.523. The van der Waals surface area contributed by atoms with Crippen LogP contribution in [0.15, 0.2) is 78.1 Å². The first-order valence-corrected chi connectivity index (χ1v) is 21.9. The van der Waals surface area contributed by atoms with Crippen molar-refractivity contribution in [2.24, 2.45) is 22.7 Å². The van der Waals surface area contributed by atoms with Gasteiger partial charge in [-0.2, -0.15) is 8.42 Å². The first kappa shape index (κ1) is 38.0. The van der Waals surface area contributed by atoms with Crippen LogP contribution in [-0.2, 0) is 21.4 Å². The lowest BCUT2D eigenvalue weighted by molar-refractivity contribution is 0.0130. The number of ether oxygens (including phenoxy) is 3. The van der Waals surface area contributed by atoms with Crippen LogP contribution in [-0.4, -0.2) is 75.9 Å². The van der Waals surface area contributed by atoms with Gasteiger partial charge in [0.25, 0.3) is 15.9 Å². The summed E-state index contributed by atoms with van der Waals surface area (Å²) < 4.78 is 65.6. The number of rotatable bonds is 16. The SMILES string of the molecule is [2H]C([2H])(COc1ccn(-c2ccc(C(=O)NS(=O)(=O)c3ccc(OCc4ccccc4)c(NCCC[C@@H]4CN(C(=O)OC(C)(C)C)C(C)(C)C4)n3)cn2)n1)C1C2(CC2)C12CC2. The van der Waals surface area contributed by atoms with Gasteiger partial charge in [-0.25, -0.2) is 24.2 Å². The molecule has 4 aliphatic rings. The number of hydrogen-bond acceptors (Lipinski definition) is 11. The molecule has 1 aliphatic heterocycles. The Morgan fingerprint density at radius 3 is 2.41 bits per heavy atom. The number of carbonyl (C=O) groups is 2. The summed E-state index contributed by atoms with van der Waals surface area (Å²) in [5, 5.41) is 7.26. The molecule has 8 rings (SSSR count). The summed E-state index contributed by atoms with van der Waals surface area (Å²) in [6.45, 7) is 10.8. The zero-order chi connectivity index (χ0) is 43.4. The third-order valence-corrected chi connectivity index (χ3v) is 13.4. The number of anilines is 1. The van der Waals surface area contributed by atoms with E-state index >= 15 is 0 Å². The maximum absolute atomic E-state index is 13.6. The second-order valence-electron chi connectivity index (χ2n) is 18.0. The van der Waals surface area contributed by atoms with Crippen molar-refractivity contribution in [2.45, 2.75) is 109 Å². The largest absolute Gasteiger partial charge is 0.485 e. The van der Waals surface area contributed by atoms with Crippen molar-refractivity contribution >= 4 is 27.8 Å². The van der Waals surface area contributed by atoms with Crippen LogP contribution in [0.5, 0.6) is 11.6 Å². The molecule has 14 nitrogen and oxygen atoms in total. The molecule has 2 spiro atoms. The second kappa shape index (κ2) is 15.4. The summed E-state index contributed by atoms with van der Waals surface area (Å²) in [6.07, 6.45) is 7.94. The second-order valence-corrected chi connectivity index (χ2v) is 19.6. The molecular formula is C44H55N7O7S. The van der Waals surface area contributed by atoms with Gasteiger partial charge in [0.2, 0.25) is 5.88 Å². The molecular weight excluding hydrogens is 771 g/mol. The van der Waals surface area contributed by atoms with Gasteiger partial charge in [-0.15, -0.1) is 5.10 Å². The number of hydrogen-bond donors (Lipinski definition) is 2. The third kappa shape index (κ3) is 8.76. The quantitative estimate of drug-likeness (QED) is 0.107. The van der Waals surface area contributed by atoms with Gasteiger partial charge >= 0.3 is 6.09 Å². The molecule has 1 atom stereocenters. The van der Waals surface area contributed by atoms with Crippen molar-refractivity contribution in [3.05, 3.63) is 84.2 Å². The van der Waals surface area contributed by atoms with E-state index in [9.17, 15) is 18.0 Å². The highest BCUT2D eigenvalue weighted by Crippen LogP contribution is 2.93. The van der Waals surface area contributed by atoms with Crippen LogP contribution in [0.3, 0.4) is 0 Å². The van der Waals surface area contributed by atoms with E-state index < -0.39 is 27.9 Å². The van der Waals surface area contributed by atoms with E-state index in [0.717, 1.165) is 44.1 Å². The highest BCUT2D eigenvalue weighted by Gasteiger charge is 2.85. The van der Waals surface area contributed by atoms with E-state index in [1.54, 1.807) is 17.2 Å². The van der Waals surface area contributed by atoms with Crippen molar-refractivity contribution < 1.29 is 35.0 Å². The average molecular weight is 828 g/mol. The molecule has 1 saturated heterocycles. The Morgan fingerprint density at radius 1 is 0.983 bits per heavy atom. The van der Waals surface area contributed by atoms with Gasteiger partial charge in [0, 0.05) is 39.8 Å². The molecule has 0 unspecified atom stereocenters. The highest BCUT2D eigenvalue weighted by atomic mass is 32.2. The van der Waals surface area contributed by atoms with Crippen LogP contribution in [0.1, 0.15) is 105 Å². The Hall–Kier alpha value is -5.18. The summed E-state index contributed by atoms with van der Waals surface area (Å²) in [4.78, 5) is 36.7. The minimum Gasteiger partial charge on any atom is -0.485 e. The summed E-state index contributed by atoms with van der Waals surface area (Å²) in [5.41, 5.74) is 0.399. The third-order valence-electron chi connectivity index (χ3n) is 12.1. The van der Waals surface area contributed by atoms with Gasteiger partial charge in [-0.05, 0) is 138 Å². The molecule has 314 valence electrons. The van der Waals surface area contributed by atoms with Gasteiger partial charge in [0.1, 0.15) is 12.2 Å². The van der Waals surface area contributed by atoms with Gasteiger partial charge < -0.3 is 24.4 Å². The summed E-state index contributed by atoms with van der Waals surface area (Å²) in [5.74, 6) is 0.587. The topological polar surface area (TPSA) is 167 Å². The van der Waals surface area contributed by atoms with Gasteiger partial charge in [0.15, 0.2) is 22.4 Å². The minimum absolute atomic E-state index is 0.00178. The van der Waals surface area contributed by atoms with E-state index in [1.165, 1.54) is 35.1 Å². The monoisotopic (exact) mass is 827 g/mol. The lowest BCUT2D eigenvalue weighted by Gasteiger charge is -2.33. The lowest BCUT2D eigenvalue weighted by atomic mass is 9.93. The highest BCUT2D eigenvalue weighted by molar-refractivity contribution is 7.90. The number of likely N-dealkylation sites (tertiary alicyclic amines) is 1. The molecule has 2 N–H and O–H groups in total. The number of aromatic nitrogens is 4. The van der Waals surface area contributed by atoms with Crippen LogP contribution < -0.4 is 19.5 Å². The van der Waals surface area contributed by atoms with E-state index in [0.29, 0.717) is 31.1 Å². The van der Waals surface area contributed by atoms with Crippen LogP contribution in [0, 0.1) is 22.7 Å². The number of carbonyl (C=O) groups excluding carboxylic acids is 2. The first-order valence-electron chi connectivity index (χ1n) is 21.5. The van der Waals surface area contributed by atoms with Crippen LogP contribution in [0.2, 0.25) is 0 Å². The van der Waals surface area contributed by atoms with Crippen LogP contribution in [0.25, 0.3) is 5.82 Å². The van der Waals surface area contributed by atoms with Crippen molar-refractivity contribution in [1.82, 2.24) is 29.4 Å². The molecule has 3 saturated carbocycles. The standard InChI is InChI=1S/C44H55N7O7S/c1-41(2,3)58-40(53)50-28-31(26-42(50,4)5)12-9-23-45-38-33(57-29-30-10-7-6-8-11-30)14-16-37(47-38)59(54,55)49-39(52)32-13-15-35(46-27-32)51-24-17-36(48-51)56-25-18-34-43(19-20-43)44(34)21-22-44/h6-8,10-11,13-17,24,27,31,34H,9,12,18-23,25-26,28-29H2,1-5H3,(H,45,47)(H,49,52)/t31-/m0/s1/i18D2. The van der Waals surface area contributed by atoms with Crippen molar-refractivity contribution in [3.8, 4) is 17.4 Å². The maximum atomic E-state index is 13.6. The smallest absolute Gasteiger partial charge is 0.410 e. The van der Waals surface area contributed by atoms with E-state index in [1.807, 2.05) is 65.0 Å². The Bertz CT molecular complexity index is 2360. The molecule has 15 heteroatoms. The number of benzene rings is 1. The van der Waals surface area contributed by atoms with Crippen LogP contribution >= 0.6 is 0 Å². The molecule has 2 amide bonds. The molecule has 1 aromatic carbocycles. The summed E-state index contributed by atoms with van der Waals surface area (Å²) >= 11 is 0. The molecule has 3 aliphatic carbocycles. The van der Waals surface area contributed by atoms with Crippen LogP contribution in [0.4, 0.5) is 10.6 Å².